The lowest BCUT2D eigenvalue weighted by Gasteiger charge is -2.06. The van der Waals surface area contributed by atoms with Crippen molar-refractivity contribution >= 4 is 55.1 Å². The summed E-state index contributed by atoms with van der Waals surface area (Å²) >= 11 is 11.4. The number of halogens is 3. The minimum Gasteiger partial charge on any atom is -0.423 e. The van der Waals surface area contributed by atoms with E-state index < -0.39 is 10.9 Å². The third kappa shape index (κ3) is 3.16. The van der Waals surface area contributed by atoms with Crippen molar-refractivity contribution in [1.82, 2.24) is 0 Å². The number of alkyl halides is 1. The van der Waals surface area contributed by atoms with Gasteiger partial charge in [0.25, 0.3) is 5.69 Å². The normalized spacial score (nSPS) is 9.94. The van der Waals surface area contributed by atoms with Crippen LogP contribution in [-0.4, -0.2) is 16.8 Å². The van der Waals surface area contributed by atoms with E-state index in [1.165, 1.54) is 12.1 Å². The minimum absolute atomic E-state index is 0.121. The zero-order chi connectivity index (χ0) is 12.3. The van der Waals surface area contributed by atoms with Gasteiger partial charge in [0.15, 0.2) is 5.75 Å². The third-order valence-corrected chi connectivity index (χ3v) is 2.92. The van der Waals surface area contributed by atoms with Gasteiger partial charge in [0, 0.05) is 12.1 Å². The Bertz CT molecular complexity index is 429. The van der Waals surface area contributed by atoms with Crippen LogP contribution < -0.4 is 4.74 Å². The van der Waals surface area contributed by atoms with Crippen LogP contribution in [0.4, 0.5) is 5.69 Å². The molecule has 0 unspecified atom stereocenters. The van der Waals surface area contributed by atoms with Crippen LogP contribution in [0.25, 0.3) is 0 Å². The van der Waals surface area contributed by atoms with E-state index in [9.17, 15) is 14.9 Å². The summed E-state index contributed by atoms with van der Waals surface area (Å²) in [7, 11) is 0. The number of nitro benzene ring substituents is 1. The van der Waals surface area contributed by atoms with Crippen molar-refractivity contribution in [3.05, 3.63) is 31.2 Å². The number of esters is 1. The molecule has 86 valence electrons. The molecule has 0 spiro atoms. The van der Waals surface area contributed by atoms with Gasteiger partial charge in [-0.15, -0.1) is 11.6 Å². The van der Waals surface area contributed by atoms with E-state index >= 15 is 0 Å². The van der Waals surface area contributed by atoms with Crippen LogP contribution in [0.15, 0.2) is 21.1 Å². The summed E-state index contributed by atoms with van der Waals surface area (Å²) < 4.78 is 5.47. The van der Waals surface area contributed by atoms with Crippen LogP contribution >= 0.6 is 43.5 Å². The number of nitrogens with zero attached hydrogens (tertiary/aromatic N) is 1. The first-order chi connectivity index (χ1) is 7.45. The maximum absolute atomic E-state index is 11.0. The number of hydrogen-bond acceptors (Lipinski definition) is 4. The molecule has 0 fully saturated rings. The van der Waals surface area contributed by atoms with Gasteiger partial charge in [0.1, 0.15) is 5.88 Å². The zero-order valence-corrected chi connectivity index (χ0v) is 11.5. The first-order valence-corrected chi connectivity index (χ1v) is 5.98. The highest BCUT2D eigenvalue weighted by Crippen LogP contribution is 2.37. The fourth-order valence-corrected chi connectivity index (χ4v) is 2.27. The molecule has 0 bridgehead atoms. The van der Waals surface area contributed by atoms with E-state index in [-0.39, 0.29) is 17.3 Å². The highest BCUT2D eigenvalue weighted by Gasteiger charge is 2.17. The Kier molecular flexibility index (Phi) is 4.69. The van der Waals surface area contributed by atoms with Gasteiger partial charge < -0.3 is 4.74 Å². The summed E-state index contributed by atoms with van der Waals surface area (Å²) in [6, 6.07) is 2.48. The smallest absolute Gasteiger partial charge is 0.326 e. The Hall–Kier alpha value is -0.660. The summed E-state index contributed by atoms with van der Waals surface area (Å²) in [6.45, 7) is 0. The Balaban J connectivity index is 3.12. The first kappa shape index (κ1) is 13.4. The molecule has 1 aromatic rings. The van der Waals surface area contributed by atoms with Gasteiger partial charge in [0.05, 0.1) is 13.9 Å². The number of ether oxygens (including phenoxy) is 1. The molecule has 0 aliphatic heterocycles. The molecule has 1 rings (SSSR count). The van der Waals surface area contributed by atoms with Gasteiger partial charge in [-0.1, -0.05) is 0 Å². The molecule has 0 heterocycles. The predicted octanol–water partition coefficient (Wildman–Crippen LogP) is 3.26. The maximum atomic E-state index is 11.0. The van der Waals surface area contributed by atoms with Crippen molar-refractivity contribution in [3.63, 3.8) is 0 Å². The second kappa shape index (κ2) is 5.60. The Morgan fingerprint density at radius 1 is 1.44 bits per heavy atom. The van der Waals surface area contributed by atoms with E-state index in [0.717, 1.165) is 0 Å². The molecule has 0 amide bonds. The quantitative estimate of drug-likeness (QED) is 0.268. The standard InChI is InChI=1S/C8H4Br2ClNO4/c9-5-1-4(12(14)15)2-6(10)8(5)16-7(13)3-11/h1-2H,3H2. The van der Waals surface area contributed by atoms with Crippen molar-refractivity contribution in [2.45, 2.75) is 0 Å². The highest BCUT2D eigenvalue weighted by molar-refractivity contribution is 9.11. The topological polar surface area (TPSA) is 69.4 Å². The van der Waals surface area contributed by atoms with Crippen LogP contribution in [-0.2, 0) is 4.79 Å². The maximum Gasteiger partial charge on any atom is 0.326 e. The SMILES string of the molecule is O=C(CCl)Oc1c(Br)cc([N+](=O)[O-])cc1Br. The first-order valence-electron chi connectivity index (χ1n) is 3.85. The van der Waals surface area contributed by atoms with Gasteiger partial charge in [-0.2, -0.15) is 0 Å². The summed E-state index contributed by atoms with van der Waals surface area (Å²) in [5.74, 6) is -0.774. The number of rotatable bonds is 3. The summed E-state index contributed by atoms with van der Waals surface area (Å²) in [4.78, 5) is 21.0. The molecule has 8 heteroatoms. The van der Waals surface area contributed by atoms with Crippen molar-refractivity contribution in [2.24, 2.45) is 0 Å². The molecule has 16 heavy (non-hydrogen) atoms. The van der Waals surface area contributed by atoms with Gasteiger partial charge in [0.2, 0.25) is 0 Å². The van der Waals surface area contributed by atoms with E-state index in [0.29, 0.717) is 8.95 Å². The third-order valence-electron chi connectivity index (χ3n) is 1.52. The van der Waals surface area contributed by atoms with Crippen molar-refractivity contribution in [1.29, 1.82) is 0 Å². The van der Waals surface area contributed by atoms with Crippen LogP contribution in [0.5, 0.6) is 5.75 Å². The molecule has 0 saturated carbocycles. The van der Waals surface area contributed by atoms with Crippen molar-refractivity contribution in [3.8, 4) is 5.75 Å². The number of carbonyl (C=O) groups is 1. The fourth-order valence-electron chi connectivity index (χ4n) is 0.891. The predicted molar refractivity (Wildman–Crippen MR) is 64.9 cm³/mol. The summed E-state index contributed by atoms with van der Waals surface area (Å²) in [5, 5.41) is 10.5. The lowest BCUT2D eigenvalue weighted by Crippen LogP contribution is -2.09. The highest BCUT2D eigenvalue weighted by atomic mass is 79.9. The van der Waals surface area contributed by atoms with Gasteiger partial charge >= 0.3 is 5.97 Å². The molecule has 0 atom stereocenters. The van der Waals surface area contributed by atoms with Crippen molar-refractivity contribution in [2.75, 3.05) is 5.88 Å². The monoisotopic (exact) mass is 371 g/mol. The number of non-ortho nitro benzene ring substituents is 1. The second-order valence-electron chi connectivity index (χ2n) is 2.60. The van der Waals surface area contributed by atoms with Gasteiger partial charge in [-0.25, -0.2) is 0 Å². The minimum atomic E-state index is -0.642. The van der Waals surface area contributed by atoms with E-state index in [1.54, 1.807) is 0 Å². The van der Waals surface area contributed by atoms with Gasteiger partial charge in [-0.3, -0.25) is 14.9 Å². The van der Waals surface area contributed by atoms with E-state index in [1.807, 2.05) is 0 Å². The largest absolute Gasteiger partial charge is 0.423 e. The molecule has 0 aliphatic rings. The molecule has 0 aliphatic carbocycles. The lowest BCUT2D eigenvalue weighted by molar-refractivity contribution is -0.385. The number of benzene rings is 1. The van der Waals surface area contributed by atoms with Crippen LogP contribution in [0.2, 0.25) is 0 Å². The van der Waals surface area contributed by atoms with Crippen LogP contribution in [0.3, 0.4) is 0 Å². The molecule has 0 N–H and O–H groups in total. The fraction of sp³-hybridized carbons (Fsp3) is 0.125. The summed E-state index contributed by atoms with van der Waals surface area (Å²) in [6.07, 6.45) is 0. The Morgan fingerprint density at radius 3 is 2.31 bits per heavy atom. The van der Waals surface area contributed by atoms with Crippen LogP contribution in [0, 0.1) is 10.1 Å². The summed E-state index contributed by atoms with van der Waals surface area (Å²) in [5.41, 5.74) is -0.121. The van der Waals surface area contributed by atoms with Crippen molar-refractivity contribution < 1.29 is 14.5 Å². The Labute approximate surface area is 112 Å². The molecule has 0 saturated heterocycles. The number of carbonyl (C=O) groups excluding carboxylic acids is 1. The molecular weight excluding hydrogens is 369 g/mol. The van der Waals surface area contributed by atoms with Gasteiger partial charge in [-0.05, 0) is 31.9 Å². The van der Waals surface area contributed by atoms with E-state index in [4.69, 9.17) is 16.3 Å². The average molecular weight is 373 g/mol. The molecule has 1 aromatic carbocycles. The number of hydrogen-bond donors (Lipinski definition) is 0. The van der Waals surface area contributed by atoms with E-state index in [2.05, 4.69) is 31.9 Å². The number of nitro groups is 1. The average Bonchev–Trinajstić information content (AvgIpc) is 2.22. The molecule has 0 radical (unpaired) electrons. The molecular formula is C8H4Br2ClNO4. The zero-order valence-electron chi connectivity index (χ0n) is 7.58. The lowest BCUT2D eigenvalue weighted by atomic mass is 10.3. The second-order valence-corrected chi connectivity index (χ2v) is 4.58. The van der Waals surface area contributed by atoms with Crippen LogP contribution in [0.1, 0.15) is 0 Å². The Morgan fingerprint density at radius 2 is 1.94 bits per heavy atom. The molecule has 0 aromatic heterocycles. The molecule has 5 nitrogen and oxygen atoms in total.